The van der Waals surface area contributed by atoms with Crippen LogP contribution in [0.3, 0.4) is 0 Å². The maximum atomic E-state index is 12.8. The number of amides is 1. The van der Waals surface area contributed by atoms with Crippen molar-refractivity contribution >= 4 is 28.1 Å². The molecule has 0 bridgehead atoms. The molecule has 158 valence electrons. The van der Waals surface area contributed by atoms with Gasteiger partial charge in [0.1, 0.15) is 11.6 Å². The van der Waals surface area contributed by atoms with Gasteiger partial charge in [0.05, 0.1) is 36.4 Å². The molecular formula is C23H24N6O2. The number of likely N-dealkylation sites (tertiary alicyclic amines) is 1. The Bertz CT molecular complexity index is 1290. The summed E-state index contributed by atoms with van der Waals surface area (Å²) < 4.78 is 7.30. The van der Waals surface area contributed by atoms with Crippen LogP contribution < -0.4 is 5.32 Å². The Morgan fingerprint density at radius 3 is 2.90 bits per heavy atom. The molecule has 2 fully saturated rings. The molecule has 2 aliphatic rings. The Hall–Kier alpha value is -3.23. The predicted octanol–water partition coefficient (Wildman–Crippen LogP) is 3.34. The summed E-state index contributed by atoms with van der Waals surface area (Å²) in [5, 5.41) is 3.98. The number of ether oxygens (including phenoxy) is 1. The fourth-order valence-electron chi connectivity index (χ4n) is 4.64. The largest absolute Gasteiger partial charge is 0.380 e. The highest BCUT2D eigenvalue weighted by Crippen LogP contribution is 2.32. The summed E-state index contributed by atoms with van der Waals surface area (Å²) >= 11 is 0. The Labute approximate surface area is 179 Å². The molecule has 1 atom stereocenters. The molecule has 6 heterocycles. The monoisotopic (exact) mass is 416 g/mol. The summed E-state index contributed by atoms with van der Waals surface area (Å²) in [5.41, 5.74) is 3.66. The summed E-state index contributed by atoms with van der Waals surface area (Å²) in [5.74, 6) is 1.65. The van der Waals surface area contributed by atoms with E-state index in [1.54, 1.807) is 6.20 Å². The third-order valence-electron chi connectivity index (χ3n) is 6.47. The summed E-state index contributed by atoms with van der Waals surface area (Å²) in [6.45, 7) is 2.52. The summed E-state index contributed by atoms with van der Waals surface area (Å²) in [6, 6.07) is 8.15. The van der Waals surface area contributed by atoms with Gasteiger partial charge in [0, 0.05) is 41.1 Å². The van der Waals surface area contributed by atoms with E-state index in [9.17, 15) is 4.79 Å². The summed E-state index contributed by atoms with van der Waals surface area (Å²) in [6.07, 6.45) is 7.89. The number of carbonyl (C=O) groups excluding carboxylic acids is 1. The Kier molecular flexibility index (Phi) is 4.29. The van der Waals surface area contributed by atoms with Crippen molar-refractivity contribution in [2.75, 3.05) is 32.1 Å². The van der Waals surface area contributed by atoms with Crippen LogP contribution in [0.2, 0.25) is 0 Å². The molecule has 0 spiro atoms. The molecule has 6 rings (SSSR count). The highest BCUT2D eigenvalue weighted by molar-refractivity contribution is 6.05. The van der Waals surface area contributed by atoms with Gasteiger partial charge < -0.3 is 19.4 Å². The third-order valence-corrected chi connectivity index (χ3v) is 6.47. The van der Waals surface area contributed by atoms with Gasteiger partial charge in [-0.25, -0.2) is 9.97 Å². The lowest BCUT2D eigenvalue weighted by molar-refractivity contribution is 0.00465. The molecule has 0 saturated carbocycles. The van der Waals surface area contributed by atoms with E-state index in [0.29, 0.717) is 36.6 Å². The van der Waals surface area contributed by atoms with E-state index >= 15 is 0 Å². The lowest BCUT2D eigenvalue weighted by atomic mass is 10.1. The molecule has 2 N–H and O–H groups in total. The van der Waals surface area contributed by atoms with E-state index in [-0.39, 0.29) is 5.91 Å². The van der Waals surface area contributed by atoms with Gasteiger partial charge in [-0.3, -0.25) is 9.69 Å². The van der Waals surface area contributed by atoms with Crippen molar-refractivity contribution in [1.82, 2.24) is 24.3 Å². The van der Waals surface area contributed by atoms with Crippen LogP contribution in [0.4, 0.5) is 5.82 Å². The average molecular weight is 416 g/mol. The molecule has 0 aromatic carbocycles. The molecule has 0 radical (unpaired) electrons. The maximum absolute atomic E-state index is 12.8. The van der Waals surface area contributed by atoms with Gasteiger partial charge in [-0.15, -0.1) is 0 Å². The number of carbonyl (C=O) groups is 1. The van der Waals surface area contributed by atoms with E-state index in [0.717, 1.165) is 35.2 Å². The van der Waals surface area contributed by atoms with Crippen LogP contribution in [0.25, 0.3) is 16.4 Å². The number of nitrogens with zero attached hydrogens (tertiary/aromatic N) is 4. The SMILES string of the molecule is CN1CCC[C@@H]1c1cc2cnc(NC(=O)c3ccn4c(C5COC5)ncc4c3)cc2[nH]1. The number of imidazole rings is 1. The number of rotatable bonds is 4. The number of hydrogen-bond donors (Lipinski definition) is 2. The van der Waals surface area contributed by atoms with Gasteiger partial charge in [0.25, 0.3) is 5.91 Å². The first kappa shape index (κ1) is 18.5. The smallest absolute Gasteiger partial charge is 0.256 e. The Morgan fingerprint density at radius 1 is 1.23 bits per heavy atom. The summed E-state index contributed by atoms with van der Waals surface area (Å²) in [7, 11) is 2.16. The minimum Gasteiger partial charge on any atom is -0.380 e. The van der Waals surface area contributed by atoms with Crippen molar-refractivity contribution in [1.29, 1.82) is 0 Å². The minimum absolute atomic E-state index is 0.189. The van der Waals surface area contributed by atoms with Crippen LogP contribution in [-0.4, -0.2) is 57.0 Å². The van der Waals surface area contributed by atoms with Crippen LogP contribution in [0, 0.1) is 0 Å². The average Bonchev–Trinajstić information content (AvgIpc) is 3.44. The van der Waals surface area contributed by atoms with Gasteiger partial charge in [0.15, 0.2) is 0 Å². The number of hydrogen-bond acceptors (Lipinski definition) is 5. The molecule has 4 aromatic rings. The van der Waals surface area contributed by atoms with Crippen LogP contribution in [0.1, 0.15) is 46.7 Å². The van der Waals surface area contributed by atoms with Crippen LogP contribution in [-0.2, 0) is 4.74 Å². The van der Waals surface area contributed by atoms with E-state index in [4.69, 9.17) is 4.74 Å². The van der Waals surface area contributed by atoms with Crippen molar-refractivity contribution in [3.63, 3.8) is 0 Å². The van der Waals surface area contributed by atoms with Crippen LogP contribution in [0.5, 0.6) is 0 Å². The van der Waals surface area contributed by atoms with E-state index in [2.05, 4.69) is 38.3 Å². The molecule has 0 aliphatic carbocycles. The number of pyridine rings is 2. The second kappa shape index (κ2) is 7.18. The van der Waals surface area contributed by atoms with Crippen molar-refractivity contribution in [2.24, 2.45) is 0 Å². The molecule has 31 heavy (non-hydrogen) atoms. The molecule has 1 amide bonds. The zero-order valence-electron chi connectivity index (χ0n) is 17.3. The number of H-pyrrole nitrogens is 1. The lowest BCUT2D eigenvalue weighted by Crippen LogP contribution is -2.27. The quantitative estimate of drug-likeness (QED) is 0.533. The lowest BCUT2D eigenvalue weighted by Gasteiger charge is -2.24. The number of aromatic nitrogens is 4. The maximum Gasteiger partial charge on any atom is 0.256 e. The normalized spacial score (nSPS) is 19.8. The first-order valence-electron chi connectivity index (χ1n) is 10.7. The molecule has 8 heteroatoms. The Morgan fingerprint density at radius 2 is 2.13 bits per heavy atom. The van der Waals surface area contributed by atoms with E-state index < -0.39 is 0 Å². The molecular weight excluding hydrogens is 392 g/mol. The fourth-order valence-corrected chi connectivity index (χ4v) is 4.64. The molecule has 4 aromatic heterocycles. The number of anilines is 1. The number of nitrogens with one attached hydrogen (secondary N) is 2. The van der Waals surface area contributed by atoms with E-state index in [1.165, 1.54) is 12.1 Å². The minimum atomic E-state index is -0.189. The van der Waals surface area contributed by atoms with Gasteiger partial charge in [0.2, 0.25) is 0 Å². The number of fused-ring (bicyclic) bond motifs is 2. The van der Waals surface area contributed by atoms with Gasteiger partial charge >= 0.3 is 0 Å². The highest BCUT2D eigenvalue weighted by atomic mass is 16.5. The van der Waals surface area contributed by atoms with Crippen molar-refractivity contribution < 1.29 is 9.53 Å². The van der Waals surface area contributed by atoms with Gasteiger partial charge in [-0.05, 0) is 44.6 Å². The molecule has 2 saturated heterocycles. The second-order valence-corrected chi connectivity index (χ2v) is 8.54. The van der Waals surface area contributed by atoms with Gasteiger partial charge in [-0.1, -0.05) is 0 Å². The first-order chi connectivity index (χ1) is 15.2. The van der Waals surface area contributed by atoms with Crippen LogP contribution >= 0.6 is 0 Å². The zero-order chi connectivity index (χ0) is 20.9. The van der Waals surface area contributed by atoms with Crippen molar-refractivity contribution in [3.05, 3.63) is 59.9 Å². The molecule has 8 nitrogen and oxygen atoms in total. The standard InChI is InChI=1S/C23H24N6O2/c1-28-5-2-3-20(28)19-8-15-10-24-21(9-18(15)26-19)27-23(30)14-4-6-29-17(7-14)11-25-22(29)16-12-31-13-16/h4,6-11,16,20,26H,2-3,5,12-13H2,1H3,(H,24,27,30)/t20-/m1/s1. The summed E-state index contributed by atoms with van der Waals surface area (Å²) in [4.78, 5) is 27.7. The second-order valence-electron chi connectivity index (χ2n) is 8.54. The number of aromatic amines is 1. The molecule has 0 unspecified atom stereocenters. The zero-order valence-corrected chi connectivity index (χ0v) is 17.3. The topological polar surface area (TPSA) is 87.6 Å². The fraction of sp³-hybridized carbons (Fsp3) is 0.348. The molecule has 2 aliphatic heterocycles. The van der Waals surface area contributed by atoms with E-state index in [1.807, 2.05) is 35.0 Å². The predicted molar refractivity (Wildman–Crippen MR) is 117 cm³/mol. The third kappa shape index (κ3) is 3.19. The van der Waals surface area contributed by atoms with Crippen molar-refractivity contribution in [3.8, 4) is 0 Å². The highest BCUT2D eigenvalue weighted by Gasteiger charge is 2.25. The first-order valence-corrected chi connectivity index (χ1v) is 10.7. The van der Waals surface area contributed by atoms with Gasteiger partial charge in [-0.2, -0.15) is 0 Å². The van der Waals surface area contributed by atoms with Crippen molar-refractivity contribution in [2.45, 2.75) is 24.8 Å². The van der Waals surface area contributed by atoms with Crippen LogP contribution in [0.15, 0.2) is 42.9 Å². The Balaban J connectivity index is 1.23.